The van der Waals surface area contributed by atoms with Gasteiger partial charge in [0.25, 0.3) is 5.56 Å². The first-order valence-corrected chi connectivity index (χ1v) is 9.72. The number of benzene rings is 1. The average molecular weight is 388 g/mol. The van der Waals surface area contributed by atoms with Crippen LogP contribution in [0.5, 0.6) is 0 Å². The number of carbonyl (C=O) groups excluding carboxylic acids is 1. The minimum absolute atomic E-state index is 0.0183. The Bertz CT molecular complexity index is 1020. The summed E-state index contributed by atoms with van der Waals surface area (Å²) in [4.78, 5) is 34.7. The lowest BCUT2D eigenvalue weighted by Gasteiger charge is -2.18. The number of H-pyrrole nitrogens is 1. The number of amides is 1. The quantitative estimate of drug-likeness (QED) is 0.520. The SMILES string of the molecule is CCN(CC)C(=O)CSc1nc2cc(C)[nH]c2c(=O)n1-c1ccc(F)cc1. The summed E-state index contributed by atoms with van der Waals surface area (Å²) < 4.78 is 14.7. The number of hydrogen-bond acceptors (Lipinski definition) is 4. The van der Waals surface area contributed by atoms with Crippen molar-refractivity contribution >= 4 is 28.7 Å². The summed E-state index contributed by atoms with van der Waals surface area (Å²) in [5.41, 5.74) is 1.98. The number of halogens is 1. The molecule has 6 nitrogen and oxygen atoms in total. The van der Waals surface area contributed by atoms with Gasteiger partial charge in [-0.2, -0.15) is 0 Å². The van der Waals surface area contributed by atoms with Gasteiger partial charge in [0.1, 0.15) is 11.3 Å². The van der Waals surface area contributed by atoms with Crippen LogP contribution in [0.4, 0.5) is 4.39 Å². The van der Waals surface area contributed by atoms with Crippen LogP contribution in [-0.2, 0) is 4.79 Å². The van der Waals surface area contributed by atoms with Gasteiger partial charge in [0.15, 0.2) is 5.16 Å². The van der Waals surface area contributed by atoms with Crippen LogP contribution in [0.2, 0.25) is 0 Å². The van der Waals surface area contributed by atoms with E-state index in [0.717, 1.165) is 5.69 Å². The lowest BCUT2D eigenvalue weighted by molar-refractivity contribution is -0.127. The van der Waals surface area contributed by atoms with Crippen molar-refractivity contribution in [2.45, 2.75) is 25.9 Å². The number of fused-ring (bicyclic) bond motifs is 1. The number of nitrogens with one attached hydrogen (secondary N) is 1. The van der Waals surface area contributed by atoms with Gasteiger partial charge in [-0.3, -0.25) is 14.2 Å². The molecule has 0 radical (unpaired) electrons. The minimum Gasteiger partial charge on any atom is -0.353 e. The smallest absolute Gasteiger partial charge is 0.283 e. The summed E-state index contributed by atoms with van der Waals surface area (Å²) in [5, 5.41) is 0.401. The fourth-order valence-electron chi connectivity index (χ4n) is 2.89. The molecule has 0 aliphatic heterocycles. The van der Waals surface area contributed by atoms with Crippen LogP contribution in [0.3, 0.4) is 0 Å². The van der Waals surface area contributed by atoms with Crippen LogP contribution < -0.4 is 5.56 Å². The molecule has 0 spiro atoms. The number of aromatic nitrogens is 3. The molecule has 0 aliphatic carbocycles. The number of hydrogen-bond donors (Lipinski definition) is 1. The lowest BCUT2D eigenvalue weighted by Crippen LogP contribution is -2.32. The van der Waals surface area contributed by atoms with Crippen molar-refractivity contribution in [3.8, 4) is 5.69 Å². The molecule has 0 aliphatic rings. The first kappa shape index (κ1) is 19.2. The molecule has 142 valence electrons. The van der Waals surface area contributed by atoms with Crippen molar-refractivity contribution in [3.05, 3.63) is 52.2 Å². The molecule has 3 aromatic rings. The maximum Gasteiger partial charge on any atom is 0.283 e. The Hall–Kier alpha value is -2.61. The Morgan fingerprint density at radius 1 is 1.26 bits per heavy atom. The molecule has 8 heteroatoms. The maximum absolute atomic E-state index is 13.3. The molecule has 27 heavy (non-hydrogen) atoms. The molecule has 0 fully saturated rings. The molecule has 0 atom stereocenters. The van der Waals surface area contributed by atoms with E-state index in [0.29, 0.717) is 35.0 Å². The summed E-state index contributed by atoms with van der Waals surface area (Å²) in [6, 6.07) is 7.43. The van der Waals surface area contributed by atoms with E-state index in [1.165, 1.54) is 40.6 Å². The van der Waals surface area contributed by atoms with E-state index in [1.54, 1.807) is 11.0 Å². The zero-order valence-electron chi connectivity index (χ0n) is 15.5. The van der Waals surface area contributed by atoms with Crippen molar-refractivity contribution in [2.24, 2.45) is 0 Å². The minimum atomic E-state index is -0.387. The third-order valence-corrected chi connectivity index (χ3v) is 5.20. The Balaban J connectivity index is 2.06. The van der Waals surface area contributed by atoms with Crippen LogP contribution >= 0.6 is 11.8 Å². The van der Waals surface area contributed by atoms with Crippen molar-refractivity contribution in [1.82, 2.24) is 19.4 Å². The summed E-state index contributed by atoms with van der Waals surface area (Å²) in [5.74, 6) is -0.234. The van der Waals surface area contributed by atoms with Gasteiger partial charge in [-0.25, -0.2) is 9.37 Å². The van der Waals surface area contributed by atoms with Gasteiger partial charge in [-0.1, -0.05) is 11.8 Å². The molecular weight excluding hydrogens is 367 g/mol. The summed E-state index contributed by atoms with van der Waals surface area (Å²) in [7, 11) is 0. The predicted molar refractivity (Wildman–Crippen MR) is 105 cm³/mol. The zero-order valence-corrected chi connectivity index (χ0v) is 16.3. The molecule has 0 bridgehead atoms. The van der Waals surface area contributed by atoms with Crippen molar-refractivity contribution in [1.29, 1.82) is 0 Å². The van der Waals surface area contributed by atoms with Crippen molar-refractivity contribution in [3.63, 3.8) is 0 Å². The number of carbonyl (C=O) groups is 1. The Labute approximate surface area is 160 Å². The Morgan fingerprint density at radius 2 is 1.93 bits per heavy atom. The van der Waals surface area contributed by atoms with Crippen molar-refractivity contribution < 1.29 is 9.18 Å². The van der Waals surface area contributed by atoms with Crippen LogP contribution in [0.15, 0.2) is 40.3 Å². The Kier molecular flexibility index (Phi) is 5.65. The first-order valence-electron chi connectivity index (χ1n) is 8.73. The molecule has 0 unspecified atom stereocenters. The number of nitrogens with zero attached hydrogens (tertiary/aromatic N) is 3. The normalized spacial score (nSPS) is 11.1. The topological polar surface area (TPSA) is 71.0 Å². The van der Waals surface area contributed by atoms with Gasteiger partial charge in [0.2, 0.25) is 5.91 Å². The van der Waals surface area contributed by atoms with Gasteiger partial charge in [0.05, 0.1) is 17.0 Å². The lowest BCUT2D eigenvalue weighted by atomic mass is 10.3. The van der Waals surface area contributed by atoms with Crippen LogP contribution in [0, 0.1) is 12.7 Å². The van der Waals surface area contributed by atoms with E-state index in [9.17, 15) is 14.0 Å². The van der Waals surface area contributed by atoms with E-state index in [4.69, 9.17) is 0 Å². The second-order valence-corrected chi connectivity index (χ2v) is 7.02. The highest BCUT2D eigenvalue weighted by atomic mass is 32.2. The molecule has 0 saturated heterocycles. The maximum atomic E-state index is 13.3. The Morgan fingerprint density at radius 3 is 2.56 bits per heavy atom. The number of rotatable bonds is 6. The van der Waals surface area contributed by atoms with E-state index in [1.807, 2.05) is 20.8 Å². The molecule has 1 aromatic carbocycles. The fraction of sp³-hybridized carbons (Fsp3) is 0.316. The third kappa shape index (κ3) is 3.90. The third-order valence-electron chi connectivity index (χ3n) is 4.28. The van der Waals surface area contributed by atoms with Crippen molar-refractivity contribution in [2.75, 3.05) is 18.8 Å². The number of aromatic amines is 1. The van der Waals surface area contributed by atoms with Crippen LogP contribution in [0.1, 0.15) is 19.5 Å². The number of thioether (sulfide) groups is 1. The van der Waals surface area contributed by atoms with E-state index >= 15 is 0 Å². The summed E-state index contributed by atoms with van der Waals surface area (Å²) >= 11 is 1.20. The predicted octanol–water partition coefficient (Wildman–Crippen LogP) is 3.12. The molecule has 3 rings (SSSR count). The second kappa shape index (κ2) is 7.96. The van der Waals surface area contributed by atoms with Gasteiger partial charge < -0.3 is 9.88 Å². The van der Waals surface area contributed by atoms with Gasteiger partial charge in [-0.05, 0) is 51.1 Å². The summed E-state index contributed by atoms with van der Waals surface area (Å²) in [6.07, 6.45) is 0. The monoisotopic (exact) mass is 388 g/mol. The van der Waals surface area contributed by atoms with E-state index < -0.39 is 0 Å². The fourth-order valence-corrected chi connectivity index (χ4v) is 3.80. The first-order chi connectivity index (χ1) is 12.9. The largest absolute Gasteiger partial charge is 0.353 e. The highest BCUT2D eigenvalue weighted by molar-refractivity contribution is 7.99. The molecule has 1 amide bonds. The second-order valence-electron chi connectivity index (χ2n) is 6.08. The zero-order chi connectivity index (χ0) is 19.6. The molecule has 2 aromatic heterocycles. The van der Waals surface area contributed by atoms with Gasteiger partial charge >= 0.3 is 0 Å². The van der Waals surface area contributed by atoms with Crippen LogP contribution in [-0.4, -0.2) is 44.2 Å². The highest BCUT2D eigenvalue weighted by Gasteiger charge is 2.17. The molecular formula is C19H21FN4O2S. The standard InChI is InChI=1S/C19H21FN4O2S/c1-4-23(5-2)16(25)11-27-19-22-15-10-12(3)21-17(15)18(26)24(19)14-8-6-13(20)7-9-14/h6-10,21H,4-5,11H2,1-3H3. The number of aryl methyl sites for hydroxylation is 1. The molecule has 0 saturated carbocycles. The van der Waals surface area contributed by atoms with E-state index in [-0.39, 0.29) is 23.0 Å². The van der Waals surface area contributed by atoms with Crippen LogP contribution in [0.25, 0.3) is 16.7 Å². The molecule has 1 N–H and O–H groups in total. The highest BCUT2D eigenvalue weighted by Crippen LogP contribution is 2.22. The summed E-state index contributed by atoms with van der Waals surface area (Å²) in [6.45, 7) is 6.95. The average Bonchev–Trinajstić information content (AvgIpc) is 3.03. The van der Waals surface area contributed by atoms with E-state index in [2.05, 4.69) is 9.97 Å². The van der Waals surface area contributed by atoms with Gasteiger partial charge in [0, 0.05) is 18.8 Å². The molecule has 2 heterocycles. The van der Waals surface area contributed by atoms with Gasteiger partial charge in [-0.15, -0.1) is 0 Å².